The van der Waals surface area contributed by atoms with Crippen molar-refractivity contribution in [3.8, 4) is 0 Å². The second kappa shape index (κ2) is 9.22. The summed E-state index contributed by atoms with van der Waals surface area (Å²) in [6, 6.07) is 15.8. The number of amides is 2. The van der Waals surface area contributed by atoms with Gasteiger partial charge in [0, 0.05) is 30.6 Å². The zero-order chi connectivity index (χ0) is 18.1. The number of benzene rings is 2. The first-order chi connectivity index (χ1) is 12.1. The van der Waals surface area contributed by atoms with Crippen LogP contribution in [0.15, 0.2) is 54.6 Å². The van der Waals surface area contributed by atoms with Crippen molar-refractivity contribution in [1.29, 1.82) is 0 Å². The average molecular weight is 340 g/mol. The molecule has 0 saturated heterocycles. The van der Waals surface area contributed by atoms with Gasteiger partial charge in [-0.05, 0) is 36.2 Å². The molecule has 2 amide bonds. The topological polar surface area (TPSA) is 95.5 Å². The third kappa shape index (κ3) is 6.10. The Labute approximate surface area is 145 Å². The molecule has 0 atom stereocenters. The van der Waals surface area contributed by atoms with Crippen LogP contribution < -0.4 is 10.6 Å². The van der Waals surface area contributed by atoms with E-state index in [0.717, 1.165) is 5.56 Å². The Bertz CT molecular complexity index is 727. The van der Waals surface area contributed by atoms with Crippen LogP contribution in [-0.4, -0.2) is 29.4 Å². The van der Waals surface area contributed by atoms with Gasteiger partial charge in [-0.15, -0.1) is 0 Å². The molecule has 2 aromatic rings. The average Bonchev–Trinajstić information content (AvgIpc) is 2.64. The van der Waals surface area contributed by atoms with Crippen LogP contribution in [-0.2, 0) is 11.3 Å². The van der Waals surface area contributed by atoms with Gasteiger partial charge < -0.3 is 15.7 Å². The molecule has 0 unspecified atom stereocenters. The Morgan fingerprint density at radius 2 is 1.40 bits per heavy atom. The summed E-state index contributed by atoms with van der Waals surface area (Å²) in [6.07, 6.45) is 0.422. The van der Waals surface area contributed by atoms with Crippen molar-refractivity contribution in [1.82, 2.24) is 10.6 Å². The number of carbonyl (C=O) groups excluding carboxylic acids is 2. The van der Waals surface area contributed by atoms with Gasteiger partial charge in [-0.2, -0.15) is 0 Å². The summed E-state index contributed by atoms with van der Waals surface area (Å²) in [4.78, 5) is 34.3. The quantitative estimate of drug-likeness (QED) is 0.642. The van der Waals surface area contributed by atoms with E-state index in [-0.39, 0.29) is 18.2 Å². The van der Waals surface area contributed by atoms with Crippen LogP contribution in [0.4, 0.5) is 0 Å². The third-order valence-corrected chi connectivity index (χ3v) is 3.56. The molecule has 0 fully saturated rings. The fourth-order valence-corrected chi connectivity index (χ4v) is 2.19. The van der Waals surface area contributed by atoms with Crippen LogP contribution in [0.1, 0.15) is 39.1 Å². The van der Waals surface area contributed by atoms with Crippen LogP contribution in [0.2, 0.25) is 0 Å². The summed E-state index contributed by atoms with van der Waals surface area (Å²) in [5, 5.41) is 14.0. The van der Waals surface area contributed by atoms with Crippen LogP contribution in [0.25, 0.3) is 0 Å². The van der Waals surface area contributed by atoms with E-state index in [1.807, 2.05) is 6.07 Å². The van der Waals surface area contributed by atoms with E-state index in [0.29, 0.717) is 30.6 Å². The molecule has 0 radical (unpaired) electrons. The van der Waals surface area contributed by atoms with Gasteiger partial charge in [-0.25, -0.2) is 0 Å². The number of nitrogens with one attached hydrogen (secondary N) is 2. The molecule has 6 heteroatoms. The van der Waals surface area contributed by atoms with Crippen LogP contribution in [0.3, 0.4) is 0 Å². The fourth-order valence-electron chi connectivity index (χ4n) is 2.19. The summed E-state index contributed by atoms with van der Waals surface area (Å²) in [5.74, 6) is -1.28. The summed E-state index contributed by atoms with van der Waals surface area (Å²) in [5.41, 5.74) is 1.97. The molecule has 6 nitrogen and oxygen atoms in total. The second-order valence-corrected chi connectivity index (χ2v) is 5.50. The maximum absolute atomic E-state index is 12.0. The molecule has 0 bridgehead atoms. The molecule has 0 aliphatic heterocycles. The molecule has 0 aliphatic carbocycles. The second-order valence-electron chi connectivity index (χ2n) is 5.50. The predicted molar refractivity (Wildman–Crippen MR) is 93.3 cm³/mol. The normalized spacial score (nSPS) is 10.1. The molecule has 0 spiro atoms. The lowest BCUT2D eigenvalue weighted by molar-refractivity contribution is -0.137. The maximum Gasteiger partial charge on any atom is 0.303 e. The van der Waals surface area contributed by atoms with Gasteiger partial charge in [0.1, 0.15) is 0 Å². The molecule has 25 heavy (non-hydrogen) atoms. The Balaban J connectivity index is 1.80. The lowest BCUT2D eigenvalue weighted by atomic mass is 10.1. The van der Waals surface area contributed by atoms with Crippen LogP contribution >= 0.6 is 0 Å². The van der Waals surface area contributed by atoms with Gasteiger partial charge >= 0.3 is 5.97 Å². The third-order valence-electron chi connectivity index (χ3n) is 3.56. The Morgan fingerprint density at radius 1 is 0.800 bits per heavy atom. The molecule has 0 aliphatic rings. The van der Waals surface area contributed by atoms with Crippen molar-refractivity contribution in [3.63, 3.8) is 0 Å². The van der Waals surface area contributed by atoms with Crippen molar-refractivity contribution in [3.05, 3.63) is 71.3 Å². The van der Waals surface area contributed by atoms with Gasteiger partial charge in [-0.1, -0.05) is 30.3 Å². The molecule has 0 saturated carbocycles. The van der Waals surface area contributed by atoms with Gasteiger partial charge in [0.15, 0.2) is 0 Å². The standard InChI is InChI=1S/C19H20N2O4/c22-17(23)7-4-12-20-18(24)16-10-8-14(9-11-16)13-21-19(25)15-5-2-1-3-6-15/h1-3,5-6,8-11H,4,7,12-13H2,(H,20,24)(H,21,25)(H,22,23). The van der Waals surface area contributed by atoms with Crippen molar-refractivity contribution in [2.24, 2.45) is 0 Å². The monoisotopic (exact) mass is 340 g/mol. The zero-order valence-electron chi connectivity index (χ0n) is 13.7. The highest BCUT2D eigenvalue weighted by molar-refractivity contribution is 5.94. The number of carboxylic acid groups (broad SMARTS) is 1. The first-order valence-electron chi connectivity index (χ1n) is 7.98. The largest absolute Gasteiger partial charge is 0.481 e. The summed E-state index contributed by atoms with van der Waals surface area (Å²) in [6.45, 7) is 0.689. The summed E-state index contributed by atoms with van der Waals surface area (Å²) >= 11 is 0. The van der Waals surface area contributed by atoms with Crippen molar-refractivity contribution in [2.75, 3.05) is 6.54 Å². The molecular formula is C19H20N2O4. The van der Waals surface area contributed by atoms with E-state index in [9.17, 15) is 14.4 Å². The fraction of sp³-hybridized carbons (Fsp3) is 0.211. The number of hydrogen-bond donors (Lipinski definition) is 3. The minimum atomic E-state index is -0.879. The number of aliphatic carboxylic acids is 1. The Hall–Kier alpha value is -3.15. The van der Waals surface area contributed by atoms with Crippen molar-refractivity contribution >= 4 is 17.8 Å². The van der Waals surface area contributed by atoms with Crippen molar-refractivity contribution in [2.45, 2.75) is 19.4 Å². The Kier molecular flexibility index (Phi) is 6.71. The molecular weight excluding hydrogens is 320 g/mol. The van der Waals surface area contributed by atoms with E-state index in [1.165, 1.54) is 0 Å². The lowest BCUT2D eigenvalue weighted by Crippen LogP contribution is -2.25. The van der Waals surface area contributed by atoms with Gasteiger partial charge in [0.05, 0.1) is 0 Å². The smallest absolute Gasteiger partial charge is 0.303 e. The molecule has 3 N–H and O–H groups in total. The number of carboxylic acids is 1. The molecule has 2 aromatic carbocycles. The minimum Gasteiger partial charge on any atom is -0.481 e. The first-order valence-corrected chi connectivity index (χ1v) is 7.98. The van der Waals surface area contributed by atoms with Gasteiger partial charge in [0.25, 0.3) is 11.8 Å². The summed E-state index contributed by atoms with van der Waals surface area (Å²) < 4.78 is 0. The highest BCUT2D eigenvalue weighted by Gasteiger charge is 2.07. The van der Waals surface area contributed by atoms with Crippen molar-refractivity contribution < 1.29 is 19.5 Å². The first kappa shape index (κ1) is 18.2. The molecule has 0 heterocycles. The van der Waals surface area contributed by atoms with Gasteiger partial charge in [0.2, 0.25) is 0 Å². The highest BCUT2D eigenvalue weighted by Crippen LogP contribution is 2.05. The maximum atomic E-state index is 12.0. The molecule has 2 rings (SSSR count). The SMILES string of the molecule is O=C(O)CCCNC(=O)c1ccc(CNC(=O)c2ccccc2)cc1. The van der Waals surface area contributed by atoms with E-state index < -0.39 is 5.97 Å². The number of rotatable bonds is 8. The van der Waals surface area contributed by atoms with Crippen LogP contribution in [0.5, 0.6) is 0 Å². The predicted octanol–water partition coefficient (Wildman–Crippen LogP) is 2.21. The molecule has 0 aromatic heterocycles. The Morgan fingerprint density at radius 3 is 2.04 bits per heavy atom. The van der Waals surface area contributed by atoms with Crippen LogP contribution in [0, 0.1) is 0 Å². The van der Waals surface area contributed by atoms with Gasteiger partial charge in [-0.3, -0.25) is 14.4 Å². The van der Waals surface area contributed by atoms with E-state index in [4.69, 9.17) is 5.11 Å². The number of hydrogen-bond acceptors (Lipinski definition) is 3. The number of carbonyl (C=O) groups is 3. The summed E-state index contributed by atoms with van der Waals surface area (Å²) in [7, 11) is 0. The minimum absolute atomic E-state index is 0.0281. The van der Waals surface area contributed by atoms with E-state index in [1.54, 1.807) is 48.5 Å². The zero-order valence-corrected chi connectivity index (χ0v) is 13.7. The van der Waals surface area contributed by atoms with E-state index in [2.05, 4.69) is 10.6 Å². The highest BCUT2D eigenvalue weighted by atomic mass is 16.4. The lowest BCUT2D eigenvalue weighted by Gasteiger charge is -2.07. The molecule has 130 valence electrons. The van der Waals surface area contributed by atoms with E-state index >= 15 is 0 Å².